The van der Waals surface area contributed by atoms with Crippen LogP contribution in [-0.2, 0) is 6.42 Å². The number of rotatable bonds is 1. The van der Waals surface area contributed by atoms with E-state index in [1.54, 1.807) is 0 Å². The molecule has 0 bridgehead atoms. The number of aryl methyl sites for hydroxylation is 1. The average molecular weight is 278 g/mol. The molecule has 0 radical (unpaired) electrons. The molecule has 0 aliphatic carbocycles. The van der Waals surface area contributed by atoms with E-state index < -0.39 is 0 Å². The van der Waals surface area contributed by atoms with Gasteiger partial charge in [-0.1, -0.05) is 49.4 Å². The third kappa shape index (κ3) is 1.69. The number of para-hydroxylation sites is 1. The van der Waals surface area contributed by atoms with Crippen molar-refractivity contribution in [1.29, 1.82) is 0 Å². The fourth-order valence-electron chi connectivity index (χ4n) is 4.01. The van der Waals surface area contributed by atoms with Crippen molar-refractivity contribution >= 4 is 5.69 Å². The van der Waals surface area contributed by atoms with E-state index in [0.29, 0.717) is 12.2 Å². The average Bonchev–Trinajstić information content (AvgIpc) is 2.83. The summed E-state index contributed by atoms with van der Waals surface area (Å²) >= 11 is 0. The largest absolute Gasteiger partial charge is 0.347 e. The minimum atomic E-state index is 0.454. The van der Waals surface area contributed by atoms with Crippen LogP contribution in [0.3, 0.4) is 0 Å². The van der Waals surface area contributed by atoms with Gasteiger partial charge >= 0.3 is 0 Å². The minimum absolute atomic E-state index is 0.454. The number of likely N-dealkylation sites (N-methyl/N-ethyl adjacent to an activating group) is 1. The van der Waals surface area contributed by atoms with Gasteiger partial charge < -0.3 is 4.90 Å². The van der Waals surface area contributed by atoms with Crippen LogP contribution in [0.4, 0.5) is 5.69 Å². The number of hydrogen-bond donors (Lipinski definition) is 0. The highest BCUT2D eigenvalue weighted by atomic mass is 15.4. The Morgan fingerprint density at radius 2 is 1.81 bits per heavy atom. The van der Waals surface area contributed by atoms with Gasteiger partial charge in [0.05, 0.1) is 12.2 Å². The number of fused-ring (bicyclic) bond motifs is 6. The summed E-state index contributed by atoms with van der Waals surface area (Å²) in [6, 6.07) is 16.2. The van der Waals surface area contributed by atoms with Crippen molar-refractivity contribution in [2.75, 3.05) is 18.5 Å². The molecule has 2 aliphatic heterocycles. The van der Waals surface area contributed by atoms with Crippen LogP contribution in [-0.4, -0.2) is 24.7 Å². The van der Waals surface area contributed by atoms with Gasteiger partial charge in [-0.3, -0.25) is 4.90 Å². The van der Waals surface area contributed by atoms with Crippen molar-refractivity contribution in [2.24, 2.45) is 0 Å². The van der Waals surface area contributed by atoms with Crippen LogP contribution in [0.1, 0.15) is 31.0 Å². The van der Waals surface area contributed by atoms with Crippen LogP contribution in [0.15, 0.2) is 42.5 Å². The number of anilines is 1. The van der Waals surface area contributed by atoms with Crippen molar-refractivity contribution in [3.8, 4) is 11.1 Å². The van der Waals surface area contributed by atoms with Crippen LogP contribution in [0.2, 0.25) is 0 Å². The monoisotopic (exact) mass is 278 g/mol. The van der Waals surface area contributed by atoms with Crippen molar-refractivity contribution in [2.45, 2.75) is 32.5 Å². The molecule has 2 nitrogen and oxygen atoms in total. The molecule has 2 heteroatoms. The van der Waals surface area contributed by atoms with Gasteiger partial charge in [0.2, 0.25) is 0 Å². The summed E-state index contributed by atoms with van der Waals surface area (Å²) < 4.78 is 0. The molecule has 0 amide bonds. The van der Waals surface area contributed by atoms with E-state index in [1.807, 2.05) is 0 Å². The molecule has 108 valence electrons. The van der Waals surface area contributed by atoms with Gasteiger partial charge in [0.1, 0.15) is 0 Å². The predicted molar refractivity (Wildman–Crippen MR) is 88.6 cm³/mol. The van der Waals surface area contributed by atoms with E-state index in [9.17, 15) is 0 Å². The van der Waals surface area contributed by atoms with E-state index in [4.69, 9.17) is 0 Å². The lowest BCUT2D eigenvalue weighted by Crippen LogP contribution is -2.37. The van der Waals surface area contributed by atoms with E-state index in [2.05, 4.69) is 73.2 Å². The number of benzene rings is 2. The highest BCUT2D eigenvalue weighted by Gasteiger charge is 2.41. The molecule has 0 spiro atoms. The molecule has 2 heterocycles. The fourth-order valence-corrected chi connectivity index (χ4v) is 4.01. The van der Waals surface area contributed by atoms with E-state index in [1.165, 1.54) is 27.9 Å². The molecule has 0 aromatic heterocycles. The second-order valence-corrected chi connectivity index (χ2v) is 6.25. The van der Waals surface area contributed by atoms with Gasteiger partial charge in [0.25, 0.3) is 0 Å². The van der Waals surface area contributed by atoms with Crippen LogP contribution in [0, 0.1) is 0 Å². The van der Waals surface area contributed by atoms with E-state index in [-0.39, 0.29) is 0 Å². The molecule has 2 aromatic rings. The maximum atomic E-state index is 2.64. The summed E-state index contributed by atoms with van der Waals surface area (Å²) in [5, 5.41) is 0. The molecule has 2 aliphatic rings. The first-order chi connectivity index (χ1) is 10.2. The quantitative estimate of drug-likeness (QED) is 0.776. The predicted octanol–water partition coefficient (Wildman–Crippen LogP) is 4.07. The van der Waals surface area contributed by atoms with Crippen LogP contribution in [0.5, 0.6) is 0 Å². The highest BCUT2D eigenvalue weighted by molar-refractivity contribution is 5.87. The Morgan fingerprint density at radius 3 is 2.62 bits per heavy atom. The summed E-state index contributed by atoms with van der Waals surface area (Å²) in [5.74, 6) is 0. The SMILES string of the molecule is CCc1cccc2c1N1C(CN(C)[C@@H]1C)c1ccccc1-2. The summed E-state index contributed by atoms with van der Waals surface area (Å²) in [7, 11) is 2.24. The van der Waals surface area contributed by atoms with Gasteiger partial charge in [0, 0.05) is 17.8 Å². The smallest absolute Gasteiger partial charge is 0.0797 e. The van der Waals surface area contributed by atoms with E-state index in [0.717, 1.165) is 13.0 Å². The Bertz CT molecular complexity index is 692. The van der Waals surface area contributed by atoms with Crippen molar-refractivity contribution in [3.05, 3.63) is 53.6 Å². The lowest BCUT2D eigenvalue weighted by atomic mass is 9.86. The third-order valence-corrected chi connectivity index (χ3v) is 5.21. The Labute approximate surface area is 127 Å². The van der Waals surface area contributed by atoms with Crippen LogP contribution in [0.25, 0.3) is 11.1 Å². The molecule has 2 atom stereocenters. The van der Waals surface area contributed by atoms with Gasteiger partial charge in [-0.15, -0.1) is 0 Å². The zero-order chi connectivity index (χ0) is 14.6. The molecule has 0 N–H and O–H groups in total. The van der Waals surface area contributed by atoms with Crippen LogP contribution >= 0.6 is 0 Å². The van der Waals surface area contributed by atoms with Gasteiger partial charge in [-0.05, 0) is 37.1 Å². The Morgan fingerprint density at radius 1 is 1.05 bits per heavy atom. The number of hydrogen-bond acceptors (Lipinski definition) is 2. The minimum Gasteiger partial charge on any atom is -0.347 e. The molecular formula is C19H22N2. The Balaban J connectivity index is 2.03. The standard InChI is InChI=1S/C19H22N2/c1-4-14-8-7-11-17-15-9-5-6-10-16(15)18-12-20(3)13(2)21(18)19(14)17/h5-11,13,18H,4,12H2,1-3H3/t13-,18?/m0/s1. The second-order valence-electron chi connectivity index (χ2n) is 6.25. The van der Waals surface area contributed by atoms with Crippen molar-refractivity contribution < 1.29 is 0 Å². The lowest BCUT2D eigenvalue weighted by Gasteiger charge is -2.39. The molecule has 2 aromatic carbocycles. The second kappa shape index (κ2) is 4.60. The number of nitrogens with zero attached hydrogens (tertiary/aromatic N) is 2. The Hall–Kier alpha value is -1.80. The Kier molecular flexibility index (Phi) is 2.83. The first kappa shape index (κ1) is 12.9. The molecule has 1 unspecified atom stereocenters. The van der Waals surface area contributed by atoms with Crippen molar-refractivity contribution in [3.63, 3.8) is 0 Å². The van der Waals surface area contributed by atoms with Crippen molar-refractivity contribution in [1.82, 2.24) is 4.90 Å². The lowest BCUT2D eigenvalue weighted by molar-refractivity contribution is 0.329. The molecule has 1 saturated heterocycles. The summed E-state index contributed by atoms with van der Waals surface area (Å²) in [6.45, 7) is 5.69. The van der Waals surface area contributed by atoms with Gasteiger partial charge in [-0.2, -0.15) is 0 Å². The zero-order valence-corrected chi connectivity index (χ0v) is 13.0. The maximum Gasteiger partial charge on any atom is 0.0797 e. The first-order valence-electron chi connectivity index (χ1n) is 7.92. The summed E-state index contributed by atoms with van der Waals surface area (Å²) in [4.78, 5) is 5.10. The van der Waals surface area contributed by atoms with Gasteiger partial charge in [0.15, 0.2) is 0 Å². The molecule has 1 fully saturated rings. The normalized spacial score (nSPS) is 23.7. The molecule has 21 heavy (non-hydrogen) atoms. The fraction of sp³-hybridized carbons (Fsp3) is 0.368. The zero-order valence-electron chi connectivity index (χ0n) is 13.0. The first-order valence-corrected chi connectivity index (χ1v) is 7.92. The summed E-state index contributed by atoms with van der Waals surface area (Å²) in [6.07, 6.45) is 1.54. The van der Waals surface area contributed by atoms with Crippen LogP contribution < -0.4 is 4.90 Å². The maximum absolute atomic E-state index is 2.64. The highest BCUT2D eigenvalue weighted by Crippen LogP contribution is 2.50. The molecular weight excluding hydrogens is 256 g/mol. The van der Waals surface area contributed by atoms with Gasteiger partial charge in [-0.25, -0.2) is 0 Å². The summed E-state index contributed by atoms with van der Waals surface area (Å²) in [5.41, 5.74) is 7.24. The topological polar surface area (TPSA) is 6.48 Å². The molecule has 4 rings (SSSR count). The third-order valence-electron chi connectivity index (χ3n) is 5.21. The molecule has 0 saturated carbocycles. The van der Waals surface area contributed by atoms with E-state index >= 15 is 0 Å².